The van der Waals surface area contributed by atoms with Gasteiger partial charge in [0.25, 0.3) is 0 Å². The number of rotatable bonds is 7. The van der Waals surface area contributed by atoms with E-state index in [1.54, 1.807) is 6.08 Å². The lowest BCUT2D eigenvalue weighted by molar-refractivity contribution is -0.372. The van der Waals surface area contributed by atoms with Crippen LogP contribution in [-0.2, 0) is 9.47 Å². The topological polar surface area (TPSA) is 45.2 Å². The SMILES string of the molecule is COC1=C(c2ccccc2)CC(OC(F)(F)F)(C(CN2CCN(C)CC2)C2(O)CCCCC2)C=C1. The highest BCUT2D eigenvalue weighted by atomic mass is 19.4. The average Bonchev–Trinajstić information content (AvgIpc) is 2.83. The van der Waals surface area contributed by atoms with Gasteiger partial charge in [-0.1, -0.05) is 49.6 Å². The Morgan fingerprint density at radius 1 is 1.03 bits per heavy atom. The van der Waals surface area contributed by atoms with E-state index < -0.39 is 23.5 Å². The third kappa shape index (κ3) is 6.10. The van der Waals surface area contributed by atoms with Crippen LogP contribution in [0, 0.1) is 5.92 Å². The molecule has 0 amide bonds. The van der Waals surface area contributed by atoms with Crippen molar-refractivity contribution >= 4 is 5.57 Å². The van der Waals surface area contributed by atoms with E-state index in [1.165, 1.54) is 13.2 Å². The third-order valence-corrected chi connectivity index (χ3v) is 7.91. The molecule has 194 valence electrons. The molecule has 0 bridgehead atoms. The fourth-order valence-electron chi connectivity index (χ4n) is 5.99. The third-order valence-electron chi connectivity index (χ3n) is 7.91. The second-order valence-corrected chi connectivity index (χ2v) is 10.2. The fraction of sp³-hybridized carbons (Fsp3) is 0.630. The molecule has 1 aromatic carbocycles. The van der Waals surface area contributed by atoms with Crippen molar-refractivity contribution in [2.24, 2.45) is 5.92 Å². The van der Waals surface area contributed by atoms with Crippen LogP contribution in [0.5, 0.6) is 0 Å². The van der Waals surface area contributed by atoms with Crippen LogP contribution >= 0.6 is 0 Å². The monoisotopic (exact) mass is 494 g/mol. The first kappa shape index (κ1) is 26.2. The van der Waals surface area contributed by atoms with Crippen LogP contribution in [-0.4, -0.2) is 79.4 Å². The predicted octanol–water partition coefficient (Wildman–Crippen LogP) is 4.84. The predicted molar refractivity (Wildman–Crippen MR) is 129 cm³/mol. The highest BCUT2D eigenvalue weighted by Gasteiger charge is 2.56. The molecule has 35 heavy (non-hydrogen) atoms. The summed E-state index contributed by atoms with van der Waals surface area (Å²) >= 11 is 0. The van der Waals surface area contributed by atoms with Gasteiger partial charge < -0.3 is 19.6 Å². The van der Waals surface area contributed by atoms with E-state index in [-0.39, 0.29) is 6.42 Å². The van der Waals surface area contributed by atoms with Gasteiger partial charge in [-0.25, -0.2) is 0 Å². The van der Waals surface area contributed by atoms with E-state index >= 15 is 0 Å². The van der Waals surface area contributed by atoms with Crippen molar-refractivity contribution in [2.45, 2.75) is 56.1 Å². The summed E-state index contributed by atoms with van der Waals surface area (Å²) in [7, 11) is 3.57. The number of halogens is 3. The first-order chi connectivity index (χ1) is 16.6. The van der Waals surface area contributed by atoms with Gasteiger partial charge in [-0.05, 0) is 37.6 Å². The van der Waals surface area contributed by atoms with Crippen LogP contribution in [0.15, 0.2) is 48.2 Å². The van der Waals surface area contributed by atoms with Crippen LogP contribution in [0.2, 0.25) is 0 Å². The Hall–Kier alpha value is -1.87. The van der Waals surface area contributed by atoms with Crippen molar-refractivity contribution in [3.05, 3.63) is 53.8 Å². The van der Waals surface area contributed by atoms with Crippen LogP contribution in [0.25, 0.3) is 5.57 Å². The number of hydrogen-bond donors (Lipinski definition) is 1. The molecule has 1 aromatic rings. The van der Waals surface area contributed by atoms with E-state index in [0.29, 0.717) is 30.7 Å². The summed E-state index contributed by atoms with van der Waals surface area (Å²) in [6, 6.07) is 9.33. The van der Waals surface area contributed by atoms with Crippen LogP contribution < -0.4 is 0 Å². The standard InChI is InChI=1S/C27H37F3N2O3/c1-31-15-17-32(18-16-31)20-24(25(33)12-7-4-8-13-25)26(35-27(28,29)30)14-11-23(34-2)22(19-26)21-9-5-3-6-10-21/h3,5-6,9-11,14,24,33H,4,7-8,12-13,15-20H2,1-2H3. The summed E-state index contributed by atoms with van der Waals surface area (Å²) in [6.07, 6.45) is 1.74. The second kappa shape index (κ2) is 10.6. The van der Waals surface area contributed by atoms with E-state index in [2.05, 4.69) is 9.80 Å². The summed E-state index contributed by atoms with van der Waals surface area (Å²) in [5, 5.41) is 11.9. The fourth-order valence-corrected chi connectivity index (χ4v) is 5.99. The van der Waals surface area contributed by atoms with Gasteiger partial charge >= 0.3 is 6.36 Å². The van der Waals surface area contributed by atoms with Crippen molar-refractivity contribution in [1.82, 2.24) is 9.80 Å². The summed E-state index contributed by atoms with van der Waals surface area (Å²) in [5.74, 6) is -0.236. The molecule has 5 nitrogen and oxygen atoms in total. The molecule has 3 aliphatic rings. The number of benzene rings is 1. The molecule has 1 N–H and O–H groups in total. The highest BCUT2D eigenvalue weighted by molar-refractivity contribution is 5.72. The minimum absolute atomic E-state index is 0.0308. The molecule has 0 spiro atoms. The largest absolute Gasteiger partial charge is 0.523 e. The van der Waals surface area contributed by atoms with Gasteiger partial charge in [0.1, 0.15) is 11.4 Å². The quantitative estimate of drug-likeness (QED) is 0.588. The molecule has 2 fully saturated rings. The van der Waals surface area contributed by atoms with Crippen molar-refractivity contribution in [2.75, 3.05) is 46.9 Å². The van der Waals surface area contributed by atoms with Gasteiger partial charge in [0.05, 0.1) is 12.7 Å². The van der Waals surface area contributed by atoms with E-state index in [9.17, 15) is 18.3 Å². The molecule has 1 aliphatic heterocycles. The number of allylic oxidation sites excluding steroid dienone is 1. The van der Waals surface area contributed by atoms with Gasteiger partial charge in [-0.3, -0.25) is 4.74 Å². The number of piperazine rings is 1. The molecule has 8 heteroatoms. The Kier molecular flexibility index (Phi) is 7.95. The maximum Gasteiger partial charge on any atom is 0.523 e. The van der Waals surface area contributed by atoms with E-state index in [0.717, 1.165) is 51.0 Å². The van der Waals surface area contributed by atoms with E-state index in [1.807, 2.05) is 37.4 Å². The molecule has 2 aliphatic carbocycles. The molecule has 0 radical (unpaired) electrons. The zero-order chi connectivity index (χ0) is 25.1. The number of aliphatic hydroxyl groups is 1. The second-order valence-electron chi connectivity index (χ2n) is 10.2. The lowest BCUT2D eigenvalue weighted by Gasteiger charge is -2.51. The molecule has 2 atom stereocenters. The number of alkyl halides is 3. The minimum atomic E-state index is -4.86. The first-order valence-electron chi connectivity index (χ1n) is 12.6. The Morgan fingerprint density at radius 2 is 1.69 bits per heavy atom. The Balaban J connectivity index is 1.77. The van der Waals surface area contributed by atoms with Crippen LogP contribution in [0.1, 0.15) is 44.1 Å². The lowest BCUT2D eigenvalue weighted by Crippen LogP contribution is -2.60. The summed E-state index contributed by atoms with van der Waals surface area (Å²) < 4.78 is 52.9. The zero-order valence-electron chi connectivity index (χ0n) is 20.7. The number of likely N-dealkylation sites (N-methyl/N-ethyl adjacent to an activating group) is 1. The molecule has 1 heterocycles. The number of hydrogen-bond acceptors (Lipinski definition) is 5. The van der Waals surface area contributed by atoms with Crippen LogP contribution in [0.3, 0.4) is 0 Å². The normalized spacial score (nSPS) is 27.1. The molecule has 1 saturated carbocycles. The van der Waals surface area contributed by atoms with Gasteiger partial charge in [-0.2, -0.15) is 0 Å². The average molecular weight is 495 g/mol. The molecular weight excluding hydrogens is 457 g/mol. The maximum absolute atomic E-state index is 14.1. The molecule has 2 unspecified atom stereocenters. The zero-order valence-corrected chi connectivity index (χ0v) is 20.7. The Bertz CT molecular complexity index is 904. The minimum Gasteiger partial charge on any atom is -0.496 e. The Labute approximate surface area is 206 Å². The van der Waals surface area contributed by atoms with Gasteiger partial charge in [-0.15, -0.1) is 13.2 Å². The van der Waals surface area contributed by atoms with Gasteiger partial charge in [0.2, 0.25) is 0 Å². The van der Waals surface area contributed by atoms with Crippen LogP contribution in [0.4, 0.5) is 13.2 Å². The van der Waals surface area contributed by atoms with Crippen molar-refractivity contribution in [1.29, 1.82) is 0 Å². The summed E-state index contributed by atoms with van der Waals surface area (Å²) in [5.41, 5.74) is -1.55. The number of ether oxygens (including phenoxy) is 2. The lowest BCUT2D eigenvalue weighted by atomic mass is 9.65. The van der Waals surface area contributed by atoms with E-state index in [4.69, 9.17) is 9.47 Å². The summed E-state index contributed by atoms with van der Waals surface area (Å²) in [4.78, 5) is 4.40. The van der Waals surface area contributed by atoms with Crippen molar-refractivity contribution in [3.8, 4) is 0 Å². The molecule has 4 rings (SSSR count). The number of nitrogens with zero attached hydrogens (tertiary/aromatic N) is 2. The molecular formula is C27H37F3N2O3. The van der Waals surface area contributed by atoms with Gasteiger partial charge in [0.15, 0.2) is 0 Å². The number of methoxy groups -OCH3 is 1. The van der Waals surface area contributed by atoms with Gasteiger partial charge in [0, 0.05) is 50.6 Å². The maximum atomic E-state index is 14.1. The molecule has 0 aromatic heterocycles. The Morgan fingerprint density at radius 3 is 2.29 bits per heavy atom. The summed E-state index contributed by atoms with van der Waals surface area (Å²) in [6.45, 7) is 3.53. The van der Waals surface area contributed by atoms with Crippen molar-refractivity contribution in [3.63, 3.8) is 0 Å². The highest BCUT2D eigenvalue weighted by Crippen LogP contribution is 2.50. The smallest absolute Gasteiger partial charge is 0.496 e. The first-order valence-corrected chi connectivity index (χ1v) is 12.6. The van der Waals surface area contributed by atoms with Crippen molar-refractivity contribution < 1.29 is 27.8 Å². The molecule has 1 saturated heterocycles.